The van der Waals surface area contributed by atoms with Gasteiger partial charge in [-0.25, -0.2) is 4.98 Å². The minimum absolute atomic E-state index is 0.138. The Labute approximate surface area is 93.3 Å². The molecule has 0 aliphatic carbocycles. The second-order valence-corrected chi connectivity index (χ2v) is 6.18. The van der Waals surface area contributed by atoms with Gasteiger partial charge in [0.15, 0.2) is 0 Å². The lowest BCUT2D eigenvalue weighted by Gasteiger charge is -2.03. The maximum atomic E-state index is 5.80. The lowest BCUT2D eigenvalue weighted by atomic mass is 10.1. The van der Waals surface area contributed by atoms with Gasteiger partial charge in [0.25, 0.3) is 0 Å². The molecule has 1 saturated heterocycles. The fraction of sp³-hybridized carbons (Fsp3) is 0.700. The van der Waals surface area contributed by atoms with Crippen LogP contribution in [-0.2, 0) is 6.42 Å². The van der Waals surface area contributed by atoms with Crippen molar-refractivity contribution in [1.29, 1.82) is 0 Å². The second kappa shape index (κ2) is 4.64. The summed E-state index contributed by atoms with van der Waals surface area (Å²) < 4.78 is 0. The van der Waals surface area contributed by atoms with E-state index in [0.717, 1.165) is 12.3 Å². The molecule has 4 heteroatoms. The molecule has 0 aromatic carbocycles. The Morgan fingerprint density at radius 2 is 2.57 bits per heavy atom. The third kappa shape index (κ3) is 2.49. The van der Waals surface area contributed by atoms with Gasteiger partial charge in [-0.05, 0) is 30.8 Å². The first-order valence-corrected chi connectivity index (χ1v) is 7.00. The van der Waals surface area contributed by atoms with Gasteiger partial charge in [-0.15, -0.1) is 11.3 Å². The van der Waals surface area contributed by atoms with E-state index in [9.17, 15) is 0 Å². The van der Waals surface area contributed by atoms with Gasteiger partial charge in [-0.1, -0.05) is 0 Å². The van der Waals surface area contributed by atoms with E-state index in [0.29, 0.717) is 0 Å². The first-order valence-electron chi connectivity index (χ1n) is 5.03. The van der Waals surface area contributed by atoms with Crippen LogP contribution in [0.1, 0.15) is 29.3 Å². The van der Waals surface area contributed by atoms with E-state index in [1.165, 1.54) is 27.8 Å². The molecule has 2 atom stereocenters. The van der Waals surface area contributed by atoms with Gasteiger partial charge in [0.05, 0.1) is 5.01 Å². The van der Waals surface area contributed by atoms with E-state index in [2.05, 4.69) is 16.7 Å². The van der Waals surface area contributed by atoms with Gasteiger partial charge >= 0.3 is 0 Å². The maximum Gasteiger partial charge on any atom is 0.0931 e. The van der Waals surface area contributed by atoms with E-state index in [1.807, 2.05) is 13.1 Å². The SMILES string of the molecule is CC(N)c1cnc(CC2CCSC2)s1. The fourth-order valence-corrected chi connectivity index (χ4v) is 3.89. The van der Waals surface area contributed by atoms with Crippen LogP contribution >= 0.6 is 23.1 Å². The second-order valence-electron chi connectivity index (χ2n) is 3.88. The van der Waals surface area contributed by atoms with Crippen molar-refractivity contribution in [2.24, 2.45) is 11.7 Å². The number of nitrogens with two attached hydrogens (primary N) is 1. The summed E-state index contributed by atoms with van der Waals surface area (Å²) in [4.78, 5) is 5.64. The van der Waals surface area contributed by atoms with E-state index >= 15 is 0 Å². The summed E-state index contributed by atoms with van der Waals surface area (Å²) in [6, 6.07) is 0.138. The summed E-state index contributed by atoms with van der Waals surface area (Å²) in [6.45, 7) is 2.02. The highest BCUT2D eigenvalue weighted by Crippen LogP contribution is 2.28. The first kappa shape index (κ1) is 10.5. The standard InChI is InChI=1S/C10H16N2S2/c1-7(11)9-5-12-10(14-9)4-8-2-3-13-6-8/h5,7-8H,2-4,6,11H2,1H3. The van der Waals surface area contributed by atoms with Crippen molar-refractivity contribution in [2.45, 2.75) is 25.8 Å². The largest absolute Gasteiger partial charge is 0.323 e. The van der Waals surface area contributed by atoms with Gasteiger partial charge in [0.1, 0.15) is 0 Å². The summed E-state index contributed by atoms with van der Waals surface area (Å²) in [6.07, 6.45) is 4.45. The van der Waals surface area contributed by atoms with Crippen molar-refractivity contribution in [3.05, 3.63) is 16.1 Å². The molecule has 2 unspecified atom stereocenters. The minimum atomic E-state index is 0.138. The average Bonchev–Trinajstić information content (AvgIpc) is 2.75. The van der Waals surface area contributed by atoms with Crippen molar-refractivity contribution in [3.8, 4) is 0 Å². The van der Waals surface area contributed by atoms with Crippen LogP contribution in [0.2, 0.25) is 0 Å². The number of hydrogen-bond acceptors (Lipinski definition) is 4. The molecule has 78 valence electrons. The topological polar surface area (TPSA) is 38.9 Å². The fourth-order valence-electron chi connectivity index (χ4n) is 1.62. The molecule has 2 rings (SSSR count). The van der Waals surface area contributed by atoms with Crippen molar-refractivity contribution < 1.29 is 0 Å². The quantitative estimate of drug-likeness (QED) is 0.863. The molecule has 0 saturated carbocycles. The van der Waals surface area contributed by atoms with Crippen LogP contribution < -0.4 is 5.73 Å². The van der Waals surface area contributed by atoms with Crippen LogP contribution in [0.25, 0.3) is 0 Å². The smallest absolute Gasteiger partial charge is 0.0931 e. The summed E-state index contributed by atoms with van der Waals surface area (Å²) in [5, 5.41) is 1.27. The summed E-state index contributed by atoms with van der Waals surface area (Å²) in [5.41, 5.74) is 5.80. The van der Waals surface area contributed by atoms with Crippen LogP contribution in [0.5, 0.6) is 0 Å². The Kier molecular flexibility index (Phi) is 3.47. The molecule has 0 spiro atoms. The van der Waals surface area contributed by atoms with Crippen LogP contribution in [-0.4, -0.2) is 16.5 Å². The number of thiazole rings is 1. The summed E-state index contributed by atoms with van der Waals surface area (Å²) in [5.74, 6) is 3.50. The van der Waals surface area contributed by atoms with Crippen LogP contribution in [0.4, 0.5) is 0 Å². The lowest BCUT2D eigenvalue weighted by Crippen LogP contribution is -2.02. The molecule has 1 fully saturated rings. The predicted molar refractivity (Wildman–Crippen MR) is 63.9 cm³/mol. The highest BCUT2D eigenvalue weighted by Gasteiger charge is 2.17. The van der Waals surface area contributed by atoms with E-state index < -0.39 is 0 Å². The van der Waals surface area contributed by atoms with E-state index in [-0.39, 0.29) is 6.04 Å². The molecule has 2 nitrogen and oxygen atoms in total. The van der Waals surface area contributed by atoms with Crippen LogP contribution in [0.15, 0.2) is 6.20 Å². The number of thioether (sulfide) groups is 1. The molecule has 1 aliphatic heterocycles. The molecule has 0 radical (unpaired) electrons. The lowest BCUT2D eigenvalue weighted by molar-refractivity contribution is 0.594. The normalized spacial score (nSPS) is 24.0. The van der Waals surface area contributed by atoms with Crippen LogP contribution in [0, 0.1) is 5.92 Å². The predicted octanol–water partition coefficient (Wildman–Crippen LogP) is 2.46. The highest BCUT2D eigenvalue weighted by atomic mass is 32.2. The number of aromatic nitrogens is 1. The van der Waals surface area contributed by atoms with Gasteiger partial charge in [-0.3, -0.25) is 0 Å². The monoisotopic (exact) mass is 228 g/mol. The zero-order valence-corrected chi connectivity index (χ0v) is 10.0. The molecular formula is C10H16N2S2. The molecule has 2 N–H and O–H groups in total. The number of hydrogen-bond donors (Lipinski definition) is 1. The molecule has 14 heavy (non-hydrogen) atoms. The molecule has 1 aliphatic rings. The summed E-state index contributed by atoms with van der Waals surface area (Å²) >= 11 is 3.85. The van der Waals surface area contributed by atoms with E-state index in [1.54, 1.807) is 11.3 Å². The van der Waals surface area contributed by atoms with Gasteiger partial charge in [0.2, 0.25) is 0 Å². The zero-order chi connectivity index (χ0) is 9.97. The Balaban J connectivity index is 1.95. The Morgan fingerprint density at radius 1 is 1.71 bits per heavy atom. The number of rotatable bonds is 3. The van der Waals surface area contributed by atoms with Crippen molar-refractivity contribution >= 4 is 23.1 Å². The maximum absolute atomic E-state index is 5.80. The van der Waals surface area contributed by atoms with Crippen LogP contribution in [0.3, 0.4) is 0 Å². The Hall–Kier alpha value is -0.0600. The van der Waals surface area contributed by atoms with Crippen molar-refractivity contribution in [2.75, 3.05) is 11.5 Å². The van der Waals surface area contributed by atoms with Crippen molar-refractivity contribution in [3.63, 3.8) is 0 Å². The Morgan fingerprint density at radius 3 is 3.14 bits per heavy atom. The minimum Gasteiger partial charge on any atom is -0.323 e. The molecule has 0 amide bonds. The molecule has 1 aromatic rings. The third-order valence-electron chi connectivity index (χ3n) is 2.51. The van der Waals surface area contributed by atoms with E-state index in [4.69, 9.17) is 5.73 Å². The van der Waals surface area contributed by atoms with Gasteiger partial charge < -0.3 is 5.73 Å². The van der Waals surface area contributed by atoms with Crippen molar-refractivity contribution in [1.82, 2.24) is 4.98 Å². The number of nitrogens with zero attached hydrogens (tertiary/aromatic N) is 1. The van der Waals surface area contributed by atoms with Gasteiger partial charge in [-0.2, -0.15) is 11.8 Å². The molecular weight excluding hydrogens is 212 g/mol. The molecule has 0 bridgehead atoms. The molecule has 1 aromatic heterocycles. The zero-order valence-electron chi connectivity index (χ0n) is 8.40. The van der Waals surface area contributed by atoms with Gasteiger partial charge in [0, 0.05) is 23.5 Å². The first-order chi connectivity index (χ1) is 6.75. The average molecular weight is 228 g/mol. The highest BCUT2D eigenvalue weighted by molar-refractivity contribution is 7.99. The summed E-state index contributed by atoms with van der Waals surface area (Å²) in [7, 11) is 0. The Bertz CT molecular complexity index is 290. The third-order valence-corrected chi connectivity index (χ3v) is 4.96. The molecule has 2 heterocycles.